The first-order valence-electron chi connectivity index (χ1n) is 9.34. The molecule has 0 bridgehead atoms. The summed E-state index contributed by atoms with van der Waals surface area (Å²) in [5.74, 6) is -2.33. The maximum Gasteiger partial charge on any atom is 0.418 e. The summed E-state index contributed by atoms with van der Waals surface area (Å²) in [7, 11) is 0. The molecule has 33 heavy (non-hydrogen) atoms. The first-order valence-corrected chi connectivity index (χ1v) is 9.34. The molecule has 0 aliphatic carbocycles. The van der Waals surface area contributed by atoms with Gasteiger partial charge < -0.3 is 20.5 Å². The van der Waals surface area contributed by atoms with Crippen LogP contribution in [0.25, 0.3) is 5.69 Å². The lowest BCUT2D eigenvalue weighted by atomic mass is 10.1. The molecule has 11 nitrogen and oxygen atoms in total. The third kappa shape index (κ3) is 3.97. The lowest BCUT2D eigenvalue weighted by Crippen LogP contribution is -2.33. The SMILES string of the molecule is Nc1ncnc2c1C(=O)N(c1ccc(-n3ccn(CC(=O)O)c3=O)c(C(F)(F)F)c1)CCO2. The molecule has 0 saturated carbocycles. The number of carboxylic acids is 1. The number of carbonyl (C=O) groups is 2. The molecule has 3 N–H and O–H groups in total. The minimum absolute atomic E-state index is 0.0597. The van der Waals surface area contributed by atoms with E-state index in [0.29, 0.717) is 4.57 Å². The van der Waals surface area contributed by atoms with Crippen molar-refractivity contribution in [3.8, 4) is 11.6 Å². The Morgan fingerprint density at radius 1 is 1.21 bits per heavy atom. The van der Waals surface area contributed by atoms with E-state index in [9.17, 15) is 27.6 Å². The van der Waals surface area contributed by atoms with Gasteiger partial charge in [-0.05, 0) is 18.2 Å². The summed E-state index contributed by atoms with van der Waals surface area (Å²) >= 11 is 0. The number of nitrogens with zero attached hydrogens (tertiary/aromatic N) is 5. The second kappa shape index (κ2) is 7.96. The van der Waals surface area contributed by atoms with Crippen LogP contribution < -0.4 is 21.1 Å². The van der Waals surface area contributed by atoms with Crippen LogP contribution >= 0.6 is 0 Å². The molecule has 4 rings (SSSR count). The van der Waals surface area contributed by atoms with Crippen molar-refractivity contribution in [2.75, 3.05) is 23.8 Å². The topological polar surface area (TPSA) is 146 Å². The highest BCUT2D eigenvalue weighted by atomic mass is 19.4. The highest BCUT2D eigenvalue weighted by Crippen LogP contribution is 2.37. The highest BCUT2D eigenvalue weighted by molar-refractivity contribution is 6.10. The lowest BCUT2D eigenvalue weighted by molar-refractivity contribution is -0.138. The predicted molar refractivity (Wildman–Crippen MR) is 106 cm³/mol. The van der Waals surface area contributed by atoms with Gasteiger partial charge in [0, 0.05) is 18.1 Å². The summed E-state index contributed by atoms with van der Waals surface area (Å²) < 4.78 is 48.6. The second-order valence-corrected chi connectivity index (χ2v) is 6.92. The summed E-state index contributed by atoms with van der Waals surface area (Å²) in [4.78, 5) is 44.9. The number of hydrogen-bond acceptors (Lipinski definition) is 7. The fourth-order valence-electron chi connectivity index (χ4n) is 3.40. The predicted octanol–water partition coefficient (Wildman–Crippen LogP) is 1.15. The van der Waals surface area contributed by atoms with Gasteiger partial charge in [-0.3, -0.25) is 18.7 Å². The van der Waals surface area contributed by atoms with Crippen LogP contribution in [0.2, 0.25) is 0 Å². The second-order valence-electron chi connectivity index (χ2n) is 6.92. The van der Waals surface area contributed by atoms with E-state index in [-0.39, 0.29) is 36.1 Å². The van der Waals surface area contributed by atoms with Crippen LogP contribution in [0, 0.1) is 0 Å². The van der Waals surface area contributed by atoms with Gasteiger partial charge in [0.05, 0.1) is 17.8 Å². The number of hydrogen-bond donors (Lipinski definition) is 2. The number of amides is 1. The Labute approximate surface area is 182 Å². The van der Waals surface area contributed by atoms with Gasteiger partial charge >= 0.3 is 17.8 Å². The number of alkyl halides is 3. The molecular formula is C19H15F3N6O5. The van der Waals surface area contributed by atoms with E-state index in [0.717, 1.165) is 40.3 Å². The summed E-state index contributed by atoms with van der Waals surface area (Å²) in [5.41, 5.74) is 2.77. The monoisotopic (exact) mass is 464 g/mol. The lowest BCUT2D eigenvalue weighted by Gasteiger charge is -2.22. The average Bonchev–Trinajstić information content (AvgIpc) is 2.99. The van der Waals surface area contributed by atoms with Gasteiger partial charge in [0.2, 0.25) is 5.88 Å². The first-order chi connectivity index (χ1) is 15.6. The molecule has 1 aliphatic heterocycles. The zero-order valence-electron chi connectivity index (χ0n) is 16.6. The number of fused-ring (bicyclic) bond motifs is 1. The molecule has 1 aromatic carbocycles. The average molecular weight is 464 g/mol. The van der Waals surface area contributed by atoms with Crippen molar-refractivity contribution in [1.82, 2.24) is 19.1 Å². The maximum atomic E-state index is 13.9. The Hall–Kier alpha value is -4.36. The minimum Gasteiger partial charge on any atom is -0.480 e. The van der Waals surface area contributed by atoms with Crippen LogP contribution in [0.15, 0.2) is 41.7 Å². The number of carbonyl (C=O) groups excluding carboxylic acids is 1. The number of imidazole rings is 1. The zero-order chi connectivity index (χ0) is 23.9. The largest absolute Gasteiger partial charge is 0.480 e. The number of aromatic nitrogens is 4. The van der Waals surface area contributed by atoms with Gasteiger partial charge in [-0.15, -0.1) is 0 Å². The van der Waals surface area contributed by atoms with E-state index >= 15 is 0 Å². The van der Waals surface area contributed by atoms with Gasteiger partial charge in [0.1, 0.15) is 30.9 Å². The Morgan fingerprint density at radius 2 is 1.97 bits per heavy atom. The highest BCUT2D eigenvalue weighted by Gasteiger charge is 2.36. The number of nitrogen functional groups attached to an aromatic ring is 1. The van der Waals surface area contributed by atoms with Crippen LogP contribution in [-0.4, -0.2) is 49.2 Å². The fraction of sp³-hybridized carbons (Fsp3) is 0.211. The van der Waals surface area contributed by atoms with E-state index in [2.05, 4.69) is 9.97 Å². The third-order valence-electron chi connectivity index (χ3n) is 4.86. The maximum absolute atomic E-state index is 13.9. The van der Waals surface area contributed by atoms with Crippen molar-refractivity contribution >= 4 is 23.4 Å². The molecule has 3 aromatic rings. The Kier molecular flexibility index (Phi) is 5.27. The van der Waals surface area contributed by atoms with Crippen molar-refractivity contribution in [1.29, 1.82) is 0 Å². The summed E-state index contributed by atoms with van der Waals surface area (Å²) in [6.07, 6.45) is -1.69. The molecule has 0 saturated heterocycles. The molecule has 0 spiro atoms. The van der Waals surface area contributed by atoms with Crippen LogP contribution in [0.3, 0.4) is 0 Å². The third-order valence-corrected chi connectivity index (χ3v) is 4.86. The van der Waals surface area contributed by atoms with Crippen molar-refractivity contribution in [3.05, 3.63) is 58.5 Å². The Morgan fingerprint density at radius 3 is 2.67 bits per heavy atom. The smallest absolute Gasteiger partial charge is 0.418 e. The summed E-state index contributed by atoms with van der Waals surface area (Å²) in [5, 5.41) is 8.86. The van der Waals surface area contributed by atoms with Gasteiger partial charge in [0.25, 0.3) is 5.91 Å². The van der Waals surface area contributed by atoms with Crippen molar-refractivity contribution in [2.24, 2.45) is 0 Å². The van der Waals surface area contributed by atoms with Crippen LogP contribution in [-0.2, 0) is 17.5 Å². The summed E-state index contributed by atoms with van der Waals surface area (Å²) in [6.45, 7) is -0.869. The van der Waals surface area contributed by atoms with Crippen molar-refractivity contribution < 1.29 is 32.6 Å². The molecular weight excluding hydrogens is 449 g/mol. The van der Waals surface area contributed by atoms with E-state index in [1.807, 2.05) is 0 Å². The molecule has 0 atom stereocenters. The molecule has 2 aromatic heterocycles. The van der Waals surface area contributed by atoms with Gasteiger partial charge in [0.15, 0.2) is 0 Å². The number of ether oxygens (including phenoxy) is 1. The van der Waals surface area contributed by atoms with Crippen LogP contribution in [0.4, 0.5) is 24.7 Å². The molecule has 1 amide bonds. The van der Waals surface area contributed by atoms with E-state index in [1.54, 1.807) is 0 Å². The zero-order valence-corrected chi connectivity index (χ0v) is 16.6. The standard InChI is InChI=1S/C19H15F3N6O5/c20-19(21,22)11-7-10(1-2-12(11)28-4-3-26(18(28)32)8-13(29)30)27-5-6-33-16-14(17(27)31)15(23)24-9-25-16/h1-4,7,9H,5-6,8H2,(H,29,30)(H2,23,24,25). The molecule has 14 heteroatoms. The van der Waals surface area contributed by atoms with E-state index in [1.165, 1.54) is 6.07 Å². The number of anilines is 2. The number of nitrogens with two attached hydrogens (primary N) is 1. The Balaban J connectivity index is 1.81. The molecule has 172 valence electrons. The van der Waals surface area contributed by atoms with Crippen LogP contribution in [0.5, 0.6) is 5.88 Å². The first kappa shape index (κ1) is 21.9. The molecule has 0 fully saturated rings. The number of rotatable bonds is 4. The number of benzene rings is 1. The van der Waals surface area contributed by atoms with Gasteiger partial charge in [-0.25, -0.2) is 14.8 Å². The van der Waals surface area contributed by atoms with Crippen molar-refractivity contribution in [3.63, 3.8) is 0 Å². The normalized spacial score (nSPS) is 13.9. The summed E-state index contributed by atoms with van der Waals surface area (Å²) in [6, 6.07) is 2.98. The molecule has 3 heterocycles. The van der Waals surface area contributed by atoms with Crippen molar-refractivity contribution in [2.45, 2.75) is 12.7 Å². The molecule has 0 radical (unpaired) electrons. The van der Waals surface area contributed by atoms with Crippen LogP contribution in [0.1, 0.15) is 15.9 Å². The Bertz CT molecular complexity index is 1320. The minimum atomic E-state index is -4.90. The molecule has 1 aliphatic rings. The van der Waals surface area contributed by atoms with E-state index in [4.69, 9.17) is 15.6 Å². The van der Waals surface area contributed by atoms with E-state index < -0.39 is 41.5 Å². The number of aliphatic carboxylic acids is 1. The van der Waals surface area contributed by atoms with Gasteiger partial charge in [-0.2, -0.15) is 13.2 Å². The number of halogens is 3. The van der Waals surface area contributed by atoms with Gasteiger partial charge in [-0.1, -0.05) is 0 Å². The number of carboxylic acid groups (broad SMARTS) is 1. The quantitative estimate of drug-likeness (QED) is 0.585. The fourth-order valence-corrected chi connectivity index (χ4v) is 3.40. The molecule has 0 unspecified atom stereocenters.